The van der Waals surface area contributed by atoms with Crippen LogP contribution >= 0.6 is 0 Å². The molecule has 1 aromatic rings. The highest BCUT2D eigenvalue weighted by atomic mass is 32.2. The van der Waals surface area contributed by atoms with E-state index in [1.807, 2.05) is 0 Å². The number of hydrogen-bond acceptors (Lipinski definition) is 2. The molecule has 2 nitrogen and oxygen atoms in total. The van der Waals surface area contributed by atoms with E-state index in [9.17, 15) is 12.8 Å². The van der Waals surface area contributed by atoms with E-state index >= 15 is 0 Å². The van der Waals surface area contributed by atoms with Gasteiger partial charge in [-0.2, -0.15) is 0 Å². The third kappa shape index (κ3) is 1.09. The maximum atomic E-state index is 12.7. The number of benzene rings is 1. The van der Waals surface area contributed by atoms with Gasteiger partial charge in [0.1, 0.15) is 5.82 Å². The predicted octanol–water partition coefficient (Wildman–Crippen LogP) is 1.97. The van der Waals surface area contributed by atoms with Gasteiger partial charge in [0.25, 0.3) is 0 Å². The molecule has 1 heterocycles. The fourth-order valence-electron chi connectivity index (χ4n) is 1.35. The van der Waals surface area contributed by atoms with Gasteiger partial charge in [-0.05, 0) is 36.8 Å². The normalized spacial score (nSPS) is 18.2. The van der Waals surface area contributed by atoms with Crippen molar-refractivity contribution in [2.75, 3.05) is 0 Å². The van der Waals surface area contributed by atoms with Crippen LogP contribution in [0.2, 0.25) is 0 Å². The van der Waals surface area contributed by atoms with Gasteiger partial charge in [-0.15, -0.1) is 0 Å². The van der Waals surface area contributed by atoms with Gasteiger partial charge in [-0.25, -0.2) is 12.8 Å². The monoisotopic (exact) mass is 198 g/mol. The van der Waals surface area contributed by atoms with E-state index < -0.39 is 15.7 Å². The number of sulfone groups is 1. The molecule has 1 aliphatic rings. The Morgan fingerprint density at radius 3 is 2.69 bits per heavy atom. The van der Waals surface area contributed by atoms with E-state index in [4.69, 9.17) is 0 Å². The maximum absolute atomic E-state index is 12.7. The molecule has 0 N–H and O–H groups in total. The van der Waals surface area contributed by atoms with Crippen molar-refractivity contribution in [3.8, 4) is 0 Å². The summed E-state index contributed by atoms with van der Waals surface area (Å²) >= 11 is 0. The molecule has 68 valence electrons. The summed E-state index contributed by atoms with van der Waals surface area (Å²) in [6.45, 7) is 1.51. The third-order valence-corrected chi connectivity index (χ3v) is 3.96. The highest BCUT2D eigenvalue weighted by molar-refractivity contribution is 7.95. The lowest BCUT2D eigenvalue weighted by molar-refractivity contribution is 0.602. The highest BCUT2D eigenvalue weighted by Gasteiger charge is 2.26. The van der Waals surface area contributed by atoms with Crippen LogP contribution < -0.4 is 0 Å². The van der Waals surface area contributed by atoms with Crippen molar-refractivity contribution in [3.05, 3.63) is 34.5 Å². The van der Waals surface area contributed by atoms with Crippen LogP contribution in [0.3, 0.4) is 0 Å². The molecule has 13 heavy (non-hydrogen) atoms. The first kappa shape index (κ1) is 8.44. The van der Waals surface area contributed by atoms with E-state index in [2.05, 4.69) is 0 Å². The Bertz CT molecular complexity index is 500. The Labute approximate surface area is 75.6 Å². The van der Waals surface area contributed by atoms with E-state index in [0.717, 1.165) is 6.07 Å². The second kappa shape index (κ2) is 2.42. The van der Waals surface area contributed by atoms with Crippen molar-refractivity contribution in [1.29, 1.82) is 0 Å². The van der Waals surface area contributed by atoms with Gasteiger partial charge >= 0.3 is 0 Å². The molecule has 0 amide bonds. The zero-order chi connectivity index (χ0) is 9.64. The van der Waals surface area contributed by atoms with E-state index in [1.54, 1.807) is 0 Å². The fraction of sp³-hybridized carbons (Fsp3) is 0.111. The van der Waals surface area contributed by atoms with Gasteiger partial charge in [0.05, 0.1) is 4.90 Å². The molecule has 0 unspecified atom stereocenters. The number of fused-ring (bicyclic) bond motifs is 1. The van der Waals surface area contributed by atoms with Gasteiger partial charge in [0.2, 0.25) is 9.84 Å². The number of allylic oxidation sites excluding steroid dienone is 1. The van der Waals surface area contributed by atoms with Crippen molar-refractivity contribution < 1.29 is 12.8 Å². The largest absolute Gasteiger partial charge is 0.219 e. The Morgan fingerprint density at radius 1 is 1.31 bits per heavy atom. The molecule has 1 aliphatic heterocycles. The van der Waals surface area contributed by atoms with Crippen molar-refractivity contribution >= 4 is 15.9 Å². The summed E-state index contributed by atoms with van der Waals surface area (Å²) < 4.78 is 35.7. The Morgan fingerprint density at radius 2 is 2.00 bits per heavy atom. The molecular weight excluding hydrogens is 191 g/mol. The van der Waals surface area contributed by atoms with Crippen molar-refractivity contribution in [2.45, 2.75) is 11.8 Å². The molecular formula is C9H7FO2S. The average molecular weight is 198 g/mol. The third-order valence-electron chi connectivity index (χ3n) is 2.04. The molecule has 4 heteroatoms. The SMILES string of the molecule is CC1=Cc2cc(F)ccc2S1(=O)=O. The van der Waals surface area contributed by atoms with Crippen molar-refractivity contribution in [2.24, 2.45) is 0 Å². The van der Waals surface area contributed by atoms with Crippen LogP contribution in [-0.4, -0.2) is 8.42 Å². The summed E-state index contributed by atoms with van der Waals surface area (Å²) in [4.78, 5) is 0.472. The first-order chi connectivity index (χ1) is 6.01. The Balaban J connectivity index is 2.80. The van der Waals surface area contributed by atoms with Gasteiger partial charge in [0.15, 0.2) is 0 Å². The Kier molecular flexibility index (Phi) is 1.57. The summed E-state index contributed by atoms with van der Waals surface area (Å²) in [5, 5.41) is 0. The lowest BCUT2D eigenvalue weighted by Crippen LogP contribution is -1.97. The first-order valence-electron chi connectivity index (χ1n) is 3.75. The number of hydrogen-bond donors (Lipinski definition) is 0. The second-order valence-corrected chi connectivity index (χ2v) is 5.03. The lowest BCUT2D eigenvalue weighted by Gasteiger charge is -1.98. The van der Waals surface area contributed by atoms with Crippen LogP contribution in [-0.2, 0) is 9.84 Å². The van der Waals surface area contributed by atoms with Crippen molar-refractivity contribution in [1.82, 2.24) is 0 Å². The Hall–Kier alpha value is -1.16. The minimum Gasteiger partial charge on any atom is -0.219 e. The molecule has 0 spiro atoms. The summed E-state index contributed by atoms with van der Waals surface area (Å²) in [7, 11) is -3.31. The summed E-state index contributed by atoms with van der Waals surface area (Å²) in [5.74, 6) is -0.417. The standard InChI is InChI=1S/C9H7FO2S/c1-6-4-7-5-8(10)2-3-9(7)13(6,11)12/h2-5H,1H3. The molecule has 0 atom stereocenters. The van der Waals surface area contributed by atoms with Crippen LogP contribution in [0.4, 0.5) is 4.39 Å². The highest BCUT2D eigenvalue weighted by Crippen LogP contribution is 2.32. The zero-order valence-corrected chi connectivity index (χ0v) is 7.73. The topological polar surface area (TPSA) is 34.1 Å². The van der Waals surface area contributed by atoms with Gasteiger partial charge in [-0.3, -0.25) is 0 Å². The second-order valence-electron chi connectivity index (χ2n) is 2.94. The summed E-state index contributed by atoms with van der Waals surface area (Å²) in [6, 6.07) is 3.68. The van der Waals surface area contributed by atoms with E-state index in [1.165, 1.54) is 25.1 Å². The predicted molar refractivity (Wildman–Crippen MR) is 47.2 cm³/mol. The summed E-state index contributed by atoms with van der Waals surface area (Å²) in [6.07, 6.45) is 1.48. The molecule has 2 rings (SSSR count). The molecule has 0 bridgehead atoms. The lowest BCUT2D eigenvalue weighted by atomic mass is 10.2. The van der Waals surface area contributed by atoms with Crippen LogP contribution in [0.15, 0.2) is 28.0 Å². The minimum atomic E-state index is -3.31. The van der Waals surface area contributed by atoms with Gasteiger partial charge in [-0.1, -0.05) is 0 Å². The van der Waals surface area contributed by atoms with Gasteiger partial charge < -0.3 is 0 Å². The summed E-state index contributed by atoms with van der Waals surface area (Å²) in [5.41, 5.74) is 0.442. The quantitative estimate of drug-likeness (QED) is 0.597. The molecule has 0 saturated heterocycles. The van der Waals surface area contributed by atoms with Gasteiger partial charge in [0, 0.05) is 4.91 Å². The molecule has 0 aliphatic carbocycles. The van der Waals surface area contributed by atoms with Crippen molar-refractivity contribution in [3.63, 3.8) is 0 Å². The molecule has 1 aromatic carbocycles. The van der Waals surface area contributed by atoms with Crippen LogP contribution in [0, 0.1) is 5.82 Å². The van der Waals surface area contributed by atoms with Crippen LogP contribution in [0.5, 0.6) is 0 Å². The van der Waals surface area contributed by atoms with Crippen LogP contribution in [0.1, 0.15) is 12.5 Å². The zero-order valence-electron chi connectivity index (χ0n) is 6.91. The molecule has 0 saturated carbocycles. The maximum Gasteiger partial charge on any atom is 0.203 e. The first-order valence-corrected chi connectivity index (χ1v) is 5.23. The molecule has 0 radical (unpaired) electrons. The molecule has 0 aromatic heterocycles. The van der Waals surface area contributed by atoms with E-state index in [-0.39, 0.29) is 9.80 Å². The fourth-order valence-corrected chi connectivity index (χ4v) is 2.65. The van der Waals surface area contributed by atoms with E-state index in [0.29, 0.717) is 5.56 Å². The minimum absolute atomic E-state index is 0.200. The molecule has 0 fully saturated rings. The number of rotatable bonds is 0. The number of halogens is 1. The average Bonchev–Trinajstić information content (AvgIpc) is 2.23. The smallest absolute Gasteiger partial charge is 0.203 e. The van der Waals surface area contributed by atoms with Crippen LogP contribution in [0.25, 0.3) is 6.08 Å².